The maximum Gasteiger partial charge on any atom is 0.218 e. The first-order valence-corrected chi connectivity index (χ1v) is 8.16. The van der Waals surface area contributed by atoms with Gasteiger partial charge in [-0.3, -0.25) is 0 Å². The molecule has 130 valence electrons. The Balaban J connectivity index is 1.82. The van der Waals surface area contributed by atoms with Gasteiger partial charge in [0, 0.05) is 32.2 Å². The Morgan fingerprint density at radius 2 is 2.24 bits per heavy atom. The van der Waals surface area contributed by atoms with Crippen molar-refractivity contribution in [3.63, 3.8) is 0 Å². The second-order valence-electron chi connectivity index (χ2n) is 6.02. The molecule has 1 saturated heterocycles. The van der Waals surface area contributed by atoms with Gasteiger partial charge >= 0.3 is 0 Å². The van der Waals surface area contributed by atoms with E-state index in [4.69, 9.17) is 4.74 Å². The average molecular weight is 341 g/mol. The molecule has 0 radical (unpaired) electrons. The number of hydrogen-bond donors (Lipinski definition) is 0. The van der Waals surface area contributed by atoms with E-state index in [0.717, 1.165) is 25.2 Å². The van der Waals surface area contributed by atoms with Gasteiger partial charge in [-0.1, -0.05) is 6.07 Å². The normalized spacial score (nSPS) is 17.0. The van der Waals surface area contributed by atoms with E-state index >= 15 is 0 Å². The molecular weight excluding hydrogens is 321 g/mol. The van der Waals surface area contributed by atoms with E-state index < -0.39 is 5.82 Å². The number of anilines is 2. The molecule has 2 heterocycles. The fourth-order valence-corrected chi connectivity index (χ4v) is 3.20. The van der Waals surface area contributed by atoms with Crippen LogP contribution in [0.25, 0.3) is 0 Å². The maximum absolute atomic E-state index is 13.9. The number of ether oxygens (including phenoxy) is 1. The number of benzene rings is 1. The van der Waals surface area contributed by atoms with Gasteiger partial charge in [-0.2, -0.15) is 5.26 Å². The zero-order valence-corrected chi connectivity index (χ0v) is 14.3. The minimum Gasteiger partial charge on any atom is -0.481 e. The molecular formula is C18H20FN5O. The molecule has 0 spiro atoms. The summed E-state index contributed by atoms with van der Waals surface area (Å²) in [5, 5.41) is 9.28. The van der Waals surface area contributed by atoms with Crippen molar-refractivity contribution in [3.05, 3.63) is 42.0 Å². The predicted octanol–water partition coefficient (Wildman–Crippen LogP) is 2.60. The number of nitrogens with zero attached hydrogens (tertiary/aromatic N) is 5. The summed E-state index contributed by atoms with van der Waals surface area (Å²) in [5.41, 5.74) is 0.760. The monoisotopic (exact) mass is 341 g/mol. The van der Waals surface area contributed by atoms with Crippen LogP contribution in [0.5, 0.6) is 5.88 Å². The molecule has 3 rings (SSSR count). The number of rotatable bonds is 4. The molecule has 6 nitrogen and oxygen atoms in total. The zero-order chi connectivity index (χ0) is 17.8. The second-order valence-corrected chi connectivity index (χ2v) is 6.02. The van der Waals surface area contributed by atoms with Crippen LogP contribution < -0.4 is 14.5 Å². The first-order valence-electron chi connectivity index (χ1n) is 8.16. The molecule has 0 saturated carbocycles. The summed E-state index contributed by atoms with van der Waals surface area (Å²) in [5.74, 6) is 0.816. The Hall–Kier alpha value is -2.88. The predicted molar refractivity (Wildman–Crippen MR) is 93.3 cm³/mol. The van der Waals surface area contributed by atoms with Crippen LogP contribution in [-0.4, -0.2) is 43.3 Å². The number of halogens is 1. The van der Waals surface area contributed by atoms with Crippen LogP contribution in [0.3, 0.4) is 0 Å². The number of nitriles is 1. The third-order valence-electron chi connectivity index (χ3n) is 4.59. The lowest BCUT2D eigenvalue weighted by atomic mass is 10.0. The third kappa shape index (κ3) is 3.48. The van der Waals surface area contributed by atoms with Gasteiger partial charge in [0.2, 0.25) is 5.88 Å². The summed E-state index contributed by atoms with van der Waals surface area (Å²) >= 11 is 0. The summed E-state index contributed by atoms with van der Waals surface area (Å²) < 4.78 is 19.1. The van der Waals surface area contributed by atoms with Crippen molar-refractivity contribution in [1.29, 1.82) is 5.26 Å². The fourth-order valence-electron chi connectivity index (χ4n) is 3.20. The van der Waals surface area contributed by atoms with Crippen molar-refractivity contribution in [3.8, 4) is 11.9 Å². The summed E-state index contributed by atoms with van der Waals surface area (Å²) in [4.78, 5) is 12.5. The lowest BCUT2D eigenvalue weighted by molar-refractivity contribution is 0.396. The Morgan fingerprint density at radius 3 is 3.00 bits per heavy atom. The van der Waals surface area contributed by atoms with Crippen LogP contribution in [0, 0.1) is 17.1 Å². The Morgan fingerprint density at radius 1 is 1.40 bits per heavy atom. The van der Waals surface area contributed by atoms with E-state index in [1.807, 2.05) is 13.1 Å². The van der Waals surface area contributed by atoms with Gasteiger partial charge in [-0.25, -0.2) is 14.4 Å². The number of piperidine rings is 1. The molecule has 0 amide bonds. The topological polar surface area (TPSA) is 65.3 Å². The summed E-state index contributed by atoms with van der Waals surface area (Å²) in [6, 6.07) is 8.75. The SMILES string of the molecule is COc1cc(N(C)C2CCCN(c3cccc(F)c3C#N)C2)ncn1. The average Bonchev–Trinajstić information content (AvgIpc) is 2.67. The molecule has 1 unspecified atom stereocenters. The van der Waals surface area contributed by atoms with Gasteiger partial charge in [0.1, 0.15) is 29.6 Å². The highest BCUT2D eigenvalue weighted by atomic mass is 19.1. The highest BCUT2D eigenvalue weighted by Crippen LogP contribution is 2.28. The molecule has 0 bridgehead atoms. The van der Waals surface area contributed by atoms with E-state index in [1.54, 1.807) is 25.3 Å². The summed E-state index contributed by atoms with van der Waals surface area (Å²) in [6.45, 7) is 1.50. The molecule has 1 aliphatic rings. The van der Waals surface area contributed by atoms with E-state index in [2.05, 4.69) is 19.8 Å². The minimum absolute atomic E-state index is 0.106. The van der Waals surface area contributed by atoms with E-state index in [-0.39, 0.29) is 11.6 Å². The molecule has 25 heavy (non-hydrogen) atoms. The van der Waals surface area contributed by atoms with E-state index in [1.165, 1.54) is 12.4 Å². The summed E-state index contributed by atoms with van der Waals surface area (Å²) in [6.07, 6.45) is 3.43. The smallest absolute Gasteiger partial charge is 0.218 e. The Labute approximate surface area is 146 Å². The molecule has 2 aromatic rings. The van der Waals surface area contributed by atoms with Crippen LogP contribution in [-0.2, 0) is 0 Å². The minimum atomic E-state index is -0.476. The molecule has 0 N–H and O–H groups in total. The molecule has 1 aliphatic heterocycles. The van der Waals surface area contributed by atoms with E-state index in [0.29, 0.717) is 18.1 Å². The lowest BCUT2D eigenvalue weighted by Gasteiger charge is -2.39. The van der Waals surface area contributed by atoms with Gasteiger partial charge in [0.25, 0.3) is 0 Å². The molecule has 1 fully saturated rings. The van der Waals surface area contributed by atoms with Crippen molar-refractivity contribution in [1.82, 2.24) is 9.97 Å². The quantitative estimate of drug-likeness (QED) is 0.852. The second kappa shape index (κ2) is 7.34. The van der Waals surface area contributed by atoms with Crippen molar-refractivity contribution in [2.75, 3.05) is 37.0 Å². The first-order chi connectivity index (χ1) is 12.1. The van der Waals surface area contributed by atoms with Crippen molar-refractivity contribution in [2.45, 2.75) is 18.9 Å². The van der Waals surface area contributed by atoms with Crippen molar-refractivity contribution in [2.24, 2.45) is 0 Å². The van der Waals surface area contributed by atoms with Crippen molar-refractivity contribution < 1.29 is 9.13 Å². The van der Waals surface area contributed by atoms with Gasteiger partial charge in [-0.15, -0.1) is 0 Å². The molecule has 7 heteroatoms. The first kappa shape index (κ1) is 17.0. The number of hydrogen-bond acceptors (Lipinski definition) is 6. The number of aromatic nitrogens is 2. The van der Waals surface area contributed by atoms with Gasteiger partial charge in [-0.05, 0) is 25.0 Å². The molecule has 1 aromatic heterocycles. The van der Waals surface area contributed by atoms with Crippen LogP contribution in [0.1, 0.15) is 18.4 Å². The fraction of sp³-hybridized carbons (Fsp3) is 0.389. The van der Waals surface area contributed by atoms with Crippen LogP contribution in [0.4, 0.5) is 15.9 Å². The largest absolute Gasteiger partial charge is 0.481 e. The van der Waals surface area contributed by atoms with E-state index in [9.17, 15) is 9.65 Å². The number of methoxy groups -OCH3 is 1. The van der Waals surface area contributed by atoms with Gasteiger partial charge in [0.15, 0.2) is 0 Å². The van der Waals surface area contributed by atoms with Crippen LogP contribution >= 0.6 is 0 Å². The van der Waals surface area contributed by atoms with Gasteiger partial charge in [0.05, 0.1) is 12.8 Å². The lowest BCUT2D eigenvalue weighted by Crippen LogP contribution is -2.47. The van der Waals surface area contributed by atoms with Crippen LogP contribution in [0.2, 0.25) is 0 Å². The maximum atomic E-state index is 13.9. The highest BCUT2D eigenvalue weighted by Gasteiger charge is 2.26. The van der Waals surface area contributed by atoms with Crippen molar-refractivity contribution >= 4 is 11.5 Å². The number of likely N-dealkylation sites (N-methyl/N-ethyl adjacent to an activating group) is 1. The highest BCUT2D eigenvalue weighted by molar-refractivity contribution is 5.60. The zero-order valence-electron chi connectivity index (χ0n) is 14.3. The standard InChI is InChI=1S/C18H20FN5O/c1-23(17-9-18(25-2)22-12-21-17)13-5-4-8-24(11-13)16-7-3-6-15(19)14(16)10-20/h3,6-7,9,12-13H,4-5,8,11H2,1-2H3. The molecule has 0 aliphatic carbocycles. The Kier molecular flexibility index (Phi) is 4.98. The Bertz CT molecular complexity index is 791. The van der Waals surface area contributed by atoms with Gasteiger partial charge < -0.3 is 14.5 Å². The summed E-state index contributed by atoms with van der Waals surface area (Å²) in [7, 11) is 3.55. The van der Waals surface area contributed by atoms with Crippen LogP contribution in [0.15, 0.2) is 30.6 Å². The molecule has 1 atom stereocenters. The molecule has 1 aromatic carbocycles. The third-order valence-corrected chi connectivity index (χ3v) is 4.59.